The van der Waals surface area contributed by atoms with Crippen molar-refractivity contribution in [3.8, 4) is 0 Å². The molecule has 0 radical (unpaired) electrons. The van der Waals surface area contributed by atoms with Crippen molar-refractivity contribution < 1.29 is 4.39 Å². The van der Waals surface area contributed by atoms with Crippen molar-refractivity contribution in [2.75, 3.05) is 18.0 Å². The van der Waals surface area contributed by atoms with Crippen molar-refractivity contribution in [3.63, 3.8) is 0 Å². The first-order valence-electron chi connectivity index (χ1n) is 6.82. The maximum absolute atomic E-state index is 13.0. The van der Waals surface area contributed by atoms with E-state index in [1.54, 1.807) is 18.5 Å². The first-order chi connectivity index (χ1) is 9.74. The molecule has 2 aromatic rings. The number of nitrogens with zero attached hydrogens (tertiary/aromatic N) is 4. The van der Waals surface area contributed by atoms with E-state index in [4.69, 9.17) is 5.73 Å². The first-order valence-corrected chi connectivity index (χ1v) is 6.82. The molecular weight excluding hydrogens is 257 g/mol. The third kappa shape index (κ3) is 3.54. The van der Waals surface area contributed by atoms with Gasteiger partial charge in [0, 0.05) is 18.8 Å². The highest BCUT2D eigenvalue weighted by Crippen LogP contribution is 2.17. The summed E-state index contributed by atoms with van der Waals surface area (Å²) in [5, 5.41) is 4.17. The van der Waals surface area contributed by atoms with E-state index in [9.17, 15) is 4.39 Å². The van der Waals surface area contributed by atoms with Crippen molar-refractivity contribution in [1.29, 1.82) is 0 Å². The Morgan fingerprint density at radius 3 is 2.70 bits per heavy atom. The molecule has 0 spiro atoms. The summed E-state index contributed by atoms with van der Waals surface area (Å²) in [5.74, 6) is 0.665. The molecule has 1 heterocycles. The number of nitrogens with two attached hydrogens (primary N) is 1. The van der Waals surface area contributed by atoms with Gasteiger partial charge in [0.05, 0.1) is 6.54 Å². The maximum atomic E-state index is 13.0. The van der Waals surface area contributed by atoms with Gasteiger partial charge in [-0.2, -0.15) is 5.10 Å². The SMILES string of the molecule is CCn1ncnc1CN(CCCN)c1ccc(F)cc1. The average molecular weight is 277 g/mol. The second-order valence-electron chi connectivity index (χ2n) is 4.53. The van der Waals surface area contributed by atoms with Crippen LogP contribution in [-0.2, 0) is 13.1 Å². The van der Waals surface area contributed by atoms with E-state index in [0.29, 0.717) is 13.1 Å². The highest BCUT2D eigenvalue weighted by molar-refractivity contribution is 5.46. The van der Waals surface area contributed by atoms with E-state index in [-0.39, 0.29) is 5.82 Å². The van der Waals surface area contributed by atoms with Crippen LogP contribution in [0.2, 0.25) is 0 Å². The minimum Gasteiger partial charge on any atom is -0.364 e. The molecule has 6 heteroatoms. The number of hydrogen-bond donors (Lipinski definition) is 1. The van der Waals surface area contributed by atoms with Gasteiger partial charge >= 0.3 is 0 Å². The first kappa shape index (κ1) is 14.5. The number of anilines is 1. The summed E-state index contributed by atoms with van der Waals surface area (Å²) >= 11 is 0. The van der Waals surface area contributed by atoms with Gasteiger partial charge in [-0.25, -0.2) is 14.1 Å². The van der Waals surface area contributed by atoms with Gasteiger partial charge < -0.3 is 10.6 Å². The fourth-order valence-electron chi connectivity index (χ4n) is 2.08. The summed E-state index contributed by atoms with van der Waals surface area (Å²) in [4.78, 5) is 6.42. The maximum Gasteiger partial charge on any atom is 0.146 e. The summed E-state index contributed by atoms with van der Waals surface area (Å²) in [6.07, 6.45) is 2.43. The lowest BCUT2D eigenvalue weighted by molar-refractivity contribution is 0.596. The minimum absolute atomic E-state index is 0.232. The van der Waals surface area contributed by atoms with Crippen molar-refractivity contribution in [3.05, 3.63) is 42.2 Å². The van der Waals surface area contributed by atoms with E-state index in [2.05, 4.69) is 15.0 Å². The van der Waals surface area contributed by atoms with Gasteiger partial charge in [-0.05, 0) is 44.2 Å². The molecule has 2 rings (SSSR count). The summed E-state index contributed by atoms with van der Waals surface area (Å²) in [6.45, 7) is 4.88. The van der Waals surface area contributed by atoms with Crippen molar-refractivity contribution in [2.45, 2.75) is 26.4 Å². The fourth-order valence-corrected chi connectivity index (χ4v) is 2.08. The van der Waals surface area contributed by atoms with Crippen LogP contribution >= 0.6 is 0 Å². The second-order valence-corrected chi connectivity index (χ2v) is 4.53. The monoisotopic (exact) mass is 277 g/mol. The molecule has 0 bridgehead atoms. The van der Waals surface area contributed by atoms with Crippen molar-refractivity contribution >= 4 is 5.69 Å². The van der Waals surface area contributed by atoms with E-state index in [1.807, 2.05) is 11.6 Å². The zero-order valence-corrected chi connectivity index (χ0v) is 11.7. The molecule has 0 saturated carbocycles. The third-order valence-electron chi connectivity index (χ3n) is 3.15. The predicted octanol–water partition coefficient (Wildman–Crippen LogP) is 1.79. The molecule has 1 aromatic heterocycles. The molecule has 2 N–H and O–H groups in total. The van der Waals surface area contributed by atoms with Crippen LogP contribution in [0.3, 0.4) is 0 Å². The van der Waals surface area contributed by atoms with E-state index < -0.39 is 0 Å². The fraction of sp³-hybridized carbons (Fsp3) is 0.429. The summed E-state index contributed by atoms with van der Waals surface area (Å²) in [7, 11) is 0. The number of benzene rings is 1. The van der Waals surface area contributed by atoms with Gasteiger partial charge in [0.25, 0.3) is 0 Å². The Morgan fingerprint density at radius 1 is 1.30 bits per heavy atom. The van der Waals surface area contributed by atoms with Crippen molar-refractivity contribution in [1.82, 2.24) is 14.8 Å². The highest BCUT2D eigenvalue weighted by atomic mass is 19.1. The molecule has 1 aromatic carbocycles. The molecule has 0 saturated heterocycles. The molecule has 0 fully saturated rings. The molecule has 5 nitrogen and oxygen atoms in total. The van der Waals surface area contributed by atoms with Crippen LogP contribution in [-0.4, -0.2) is 27.9 Å². The van der Waals surface area contributed by atoms with Crippen LogP contribution in [0.15, 0.2) is 30.6 Å². The lowest BCUT2D eigenvalue weighted by Gasteiger charge is -2.24. The topological polar surface area (TPSA) is 60.0 Å². The van der Waals surface area contributed by atoms with Crippen LogP contribution in [0.1, 0.15) is 19.2 Å². The number of aryl methyl sites for hydroxylation is 1. The molecule has 0 aliphatic heterocycles. The van der Waals surface area contributed by atoms with E-state index in [0.717, 1.165) is 31.0 Å². The molecule has 0 aliphatic rings. The largest absolute Gasteiger partial charge is 0.364 e. The van der Waals surface area contributed by atoms with Crippen LogP contribution in [0.25, 0.3) is 0 Å². The van der Waals surface area contributed by atoms with Gasteiger partial charge in [-0.15, -0.1) is 0 Å². The Balaban J connectivity index is 2.17. The molecule has 108 valence electrons. The Hall–Kier alpha value is -1.95. The Kier molecular flexibility index (Phi) is 5.06. The number of halogens is 1. The quantitative estimate of drug-likeness (QED) is 0.838. The van der Waals surface area contributed by atoms with Crippen LogP contribution in [0, 0.1) is 5.82 Å². The minimum atomic E-state index is -0.232. The van der Waals surface area contributed by atoms with Crippen LogP contribution in [0.5, 0.6) is 0 Å². The number of aromatic nitrogens is 3. The zero-order valence-electron chi connectivity index (χ0n) is 11.7. The number of rotatable bonds is 7. The Bertz CT molecular complexity index is 523. The molecular formula is C14H20FN5. The van der Waals surface area contributed by atoms with E-state index in [1.165, 1.54) is 12.1 Å². The van der Waals surface area contributed by atoms with Crippen LogP contribution in [0.4, 0.5) is 10.1 Å². The smallest absolute Gasteiger partial charge is 0.146 e. The van der Waals surface area contributed by atoms with Gasteiger partial charge in [0.15, 0.2) is 0 Å². The average Bonchev–Trinajstić information content (AvgIpc) is 2.91. The van der Waals surface area contributed by atoms with Gasteiger partial charge in [0.1, 0.15) is 18.0 Å². The summed E-state index contributed by atoms with van der Waals surface area (Å²) in [6, 6.07) is 6.49. The summed E-state index contributed by atoms with van der Waals surface area (Å²) < 4.78 is 14.9. The molecule has 0 atom stereocenters. The van der Waals surface area contributed by atoms with E-state index >= 15 is 0 Å². The molecule has 0 aliphatic carbocycles. The highest BCUT2D eigenvalue weighted by Gasteiger charge is 2.11. The third-order valence-corrected chi connectivity index (χ3v) is 3.15. The van der Waals surface area contributed by atoms with Gasteiger partial charge in [0.2, 0.25) is 0 Å². The standard InChI is InChI=1S/C14H20FN5/c1-2-20-14(17-11-18-20)10-19(9-3-8-16)13-6-4-12(15)5-7-13/h4-7,11H,2-3,8-10,16H2,1H3. The Morgan fingerprint density at radius 2 is 2.05 bits per heavy atom. The normalized spacial score (nSPS) is 10.8. The zero-order chi connectivity index (χ0) is 14.4. The lowest BCUT2D eigenvalue weighted by atomic mass is 10.2. The molecule has 20 heavy (non-hydrogen) atoms. The Labute approximate surface area is 118 Å². The summed E-state index contributed by atoms with van der Waals surface area (Å²) in [5.41, 5.74) is 6.55. The molecule has 0 unspecified atom stereocenters. The molecule has 0 amide bonds. The van der Waals surface area contributed by atoms with Crippen LogP contribution < -0.4 is 10.6 Å². The van der Waals surface area contributed by atoms with Gasteiger partial charge in [-0.3, -0.25) is 0 Å². The second kappa shape index (κ2) is 7.00. The predicted molar refractivity (Wildman–Crippen MR) is 76.8 cm³/mol. The van der Waals surface area contributed by atoms with Crippen molar-refractivity contribution in [2.24, 2.45) is 5.73 Å². The lowest BCUT2D eigenvalue weighted by Crippen LogP contribution is -2.27. The van der Waals surface area contributed by atoms with Gasteiger partial charge in [-0.1, -0.05) is 0 Å². The number of hydrogen-bond acceptors (Lipinski definition) is 4.